The maximum atomic E-state index is 13.3. The van der Waals surface area contributed by atoms with E-state index < -0.39 is 5.41 Å². The van der Waals surface area contributed by atoms with Crippen molar-refractivity contribution in [3.8, 4) is 0 Å². The van der Waals surface area contributed by atoms with Gasteiger partial charge in [-0.2, -0.15) is 0 Å². The largest absolute Gasteiger partial charge is 0.369 e. The molecule has 0 bridgehead atoms. The molecule has 1 aliphatic carbocycles. The van der Waals surface area contributed by atoms with Crippen LogP contribution in [-0.4, -0.2) is 36.1 Å². The molecule has 2 N–H and O–H groups in total. The van der Waals surface area contributed by atoms with Crippen LogP contribution in [0.25, 0.3) is 0 Å². The summed E-state index contributed by atoms with van der Waals surface area (Å²) in [5, 5.41) is 1.57. The number of amides is 1. The number of hydrogen-bond acceptors (Lipinski definition) is 2. The lowest BCUT2D eigenvalue weighted by atomic mass is 9.62. The summed E-state index contributed by atoms with van der Waals surface area (Å²) < 4.78 is 0. The summed E-state index contributed by atoms with van der Waals surface area (Å²) in [7, 11) is 0.968. The van der Waals surface area contributed by atoms with Crippen LogP contribution in [0.3, 0.4) is 0 Å². The maximum absolute atomic E-state index is 13.3. The molecule has 2 aromatic rings. The Hall–Kier alpha value is -2.48. The third-order valence-corrected chi connectivity index (χ3v) is 9.33. The fourth-order valence-electron chi connectivity index (χ4n) is 6.25. The summed E-state index contributed by atoms with van der Waals surface area (Å²) in [4.78, 5) is 15.8. The Morgan fingerprint density at radius 3 is 2.59 bits per heavy atom. The summed E-state index contributed by atoms with van der Waals surface area (Å²) in [5.74, 6) is 0.00731. The molecule has 2 aliphatic heterocycles. The monoisotopic (exact) mass is 516 g/mol. The highest BCUT2D eigenvalue weighted by Gasteiger charge is 2.50. The van der Waals surface area contributed by atoms with Crippen LogP contribution >= 0.6 is 8.58 Å². The van der Waals surface area contributed by atoms with Crippen molar-refractivity contribution in [3.05, 3.63) is 102 Å². The SMILES string of the molecule is C=C.CC.CC1Cc2cc(CCN3CCC(C(C(N)=O)(C4=CC=CCC4)c4ccccc4)C3)ccc2P1. The highest BCUT2D eigenvalue weighted by Crippen LogP contribution is 2.46. The zero-order valence-electron chi connectivity index (χ0n) is 23.0. The minimum Gasteiger partial charge on any atom is -0.369 e. The first-order valence-electron chi connectivity index (χ1n) is 13.9. The molecule has 1 saturated heterocycles. The van der Waals surface area contributed by atoms with E-state index in [1.807, 2.05) is 32.0 Å². The van der Waals surface area contributed by atoms with E-state index in [4.69, 9.17) is 5.73 Å². The van der Waals surface area contributed by atoms with Gasteiger partial charge in [-0.25, -0.2) is 0 Å². The number of rotatable bonds is 7. The van der Waals surface area contributed by atoms with Crippen molar-refractivity contribution < 1.29 is 4.79 Å². The number of nitrogens with two attached hydrogens (primary N) is 1. The fraction of sp³-hybridized carbons (Fsp3) is 0.424. The van der Waals surface area contributed by atoms with Gasteiger partial charge in [0.15, 0.2) is 0 Å². The number of hydrogen-bond donors (Lipinski definition) is 1. The van der Waals surface area contributed by atoms with Gasteiger partial charge in [0, 0.05) is 13.1 Å². The smallest absolute Gasteiger partial charge is 0.232 e. The van der Waals surface area contributed by atoms with Crippen LogP contribution in [-0.2, 0) is 23.1 Å². The second kappa shape index (κ2) is 13.9. The van der Waals surface area contributed by atoms with Gasteiger partial charge in [0.2, 0.25) is 5.91 Å². The average Bonchev–Trinajstić information content (AvgIpc) is 3.57. The molecule has 3 nitrogen and oxygen atoms in total. The highest BCUT2D eigenvalue weighted by atomic mass is 31.1. The lowest BCUT2D eigenvalue weighted by molar-refractivity contribution is -0.124. The number of fused-ring (bicyclic) bond motifs is 1. The van der Waals surface area contributed by atoms with Crippen LogP contribution in [0, 0.1) is 5.92 Å². The van der Waals surface area contributed by atoms with Crippen molar-refractivity contribution in [1.82, 2.24) is 4.90 Å². The van der Waals surface area contributed by atoms with E-state index in [1.54, 1.807) is 10.9 Å². The lowest BCUT2D eigenvalue weighted by Gasteiger charge is -2.40. The van der Waals surface area contributed by atoms with Crippen LogP contribution in [0.1, 0.15) is 56.7 Å². The Morgan fingerprint density at radius 1 is 1.16 bits per heavy atom. The van der Waals surface area contributed by atoms with Crippen LogP contribution < -0.4 is 11.0 Å². The highest BCUT2D eigenvalue weighted by molar-refractivity contribution is 7.48. The zero-order chi connectivity index (χ0) is 26.8. The molecule has 3 aliphatic rings. The van der Waals surface area contributed by atoms with Crippen molar-refractivity contribution in [1.29, 1.82) is 0 Å². The van der Waals surface area contributed by atoms with Gasteiger partial charge in [0.1, 0.15) is 0 Å². The van der Waals surface area contributed by atoms with Crippen LogP contribution in [0.5, 0.6) is 0 Å². The first kappa shape index (κ1) is 29.1. The van der Waals surface area contributed by atoms with E-state index in [-0.39, 0.29) is 11.8 Å². The Labute approximate surface area is 226 Å². The van der Waals surface area contributed by atoms with Crippen molar-refractivity contribution >= 4 is 19.8 Å². The number of primary amides is 1. The van der Waals surface area contributed by atoms with Crippen molar-refractivity contribution in [2.45, 2.75) is 63.9 Å². The molecule has 1 amide bonds. The maximum Gasteiger partial charge on any atom is 0.232 e. The third-order valence-electron chi connectivity index (χ3n) is 7.84. The van der Waals surface area contributed by atoms with E-state index >= 15 is 0 Å². The Kier molecular flexibility index (Phi) is 10.9. The van der Waals surface area contributed by atoms with Crippen LogP contribution in [0.15, 0.2) is 85.5 Å². The predicted octanol–water partition coefficient (Wildman–Crippen LogP) is 6.33. The lowest BCUT2D eigenvalue weighted by Crippen LogP contribution is -2.50. The topological polar surface area (TPSA) is 46.3 Å². The molecule has 4 atom stereocenters. The van der Waals surface area contributed by atoms with Gasteiger partial charge in [0.05, 0.1) is 5.41 Å². The predicted molar refractivity (Wildman–Crippen MR) is 162 cm³/mol. The van der Waals surface area contributed by atoms with E-state index in [2.05, 4.69) is 73.5 Å². The molecule has 4 heteroatoms. The molecule has 0 saturated carbocycles. The van der Waals surface area contributed by atoms with Gasteiger partial charge >= 0.3 is 0 Å². The van der Waals surface area contributed by atoms with Gasteiger partial charge < -0.3 is 10.6 Å². The van der Waals surface area contributed by atoms with Gasteiger partial charge in [-0.15, -0.1) is 13.2 Å². The van der Waals surface area contributed by atoms with E-state index in [0.717, 1.165) is 65.1 Å². The third kappa shape index (κ3) is 6.33. The van der Waals surface area contributed by atoms with Crippen LogP contribution in [0.4, 0.5) is 0 Å². The van der Waals surface area contributed by atoms with Crippen molar-refractivity contribution in [2.24, 2.45) is 11.7 Å². The standard InChI is InChI=1S/C29H35N2OP.C2H6.C2H4/c1-21-18-23-19-22(12-13-27(23)33-21)14-16-31-17-15-26(20-31)29(28(30)32,24-8-4-2-5-9-24)25-10-6-3-7-11-25;2*1-2/h2-6,8-10,12-13,19,21,26,33H,7,11,14-18,20H2,1H3,(H2,30,32);1-2H3;1-2H2. The molecule has 5 rings (SSSR count). The van der Waals surface area contributed by atoms with E-state index in [1.165, 1.54) is 17.6 Å². The van der Waals surface area contributed by atoms with Gasteiger partial charge in [0.25, 0.3) is 0 Å². The average molecular weight is 517 g/mol. The quantitative estimate of drug-likeness (QED) is 0.345. The van der Waals surface area contributed by atoms with Gasteiger partial charge in [-0.1, -0.05) is 96.1 Å². The number of carbonyl (C=O) groups excluding carboxylic acids is 1. The second-order valence-electron chi connectivity index (χ2n) is 9.97. The van der Waals surface area contributed by atoms with E-state index in [9.17, 15) is 4.79 Å². The summed E-state index contributed by atoms with van der Waals surface area (Å²) in [6.45, 7) is 15.3. The first-order valence-corrected chi connectivity index (χ1v) is 15.0. The van der Waals surface area contributed by atoms with Crippen molar-refractivity contribution in [3.63, 3.8) is 0 Å². The molecular formula is C33H45N2OP. The molecule has 198 valence electrons. The fourth-order valence-corrected chi connectivity index (χ4v) is 7.64. The Balaban J connectivity index is 0.000000907. The Bertz CT molecular complexity index is 1090. The van der Waals surface area contributed by atoms with Gasteiger partial charge in [-0.3, -0.25) is 4.79 Å². The number of benzene rings is 2. The second-order valence-corrected chi connectivity index (χ2v) is 11.8. The zero-order valence-corrected chi connectivity index (χ0v) is 24.0. The summed E-state index contributed by atoms with van der Waals surface area (Å²) in [6.07, 6.45) is 11.6. The molecule has 0 radical (unpaired) electrons. The van der Waals surface area contributed by atoms with Crippen LogP contribution in [0.2, 0.25) is 0 Å². The molecule has 4 unspecified atom stereocenters. The molecular weight excluding hydrogens is 471 g/mol. The number of likely N-dealkylation sites (tertiary alicyclic amines) is 1. The molecule has 1 fully saturated rings. The molecule has 2 aromatic carbocycles. The summed E-state index contributed by atoms with van der Waals surface area (Å²) in [5.41, 5.74) is 11.6. The molecule has 0 spiro atoms. The first-order chi connectivity index (χ1) is 18.1. The number of allylic oxidation sites excluding steroid dienone is 3. The minimum atomic E-state index is -0.717. The molecule has 37 heavy (non-hydrogen) atoms. The van der Waals surface area contributed by atoms with E-state index in [0.29, 0.717) is 0 Å². The summed E-state index contributed by atoms with van der Waals surface area (Å²) in [6, 6.07) is 17.4. The number of carbonyl (C=O) groups is 1. The van der Waals surface area contributed by atoms with Crippen molar-refractivity contribution in [2.75, 3.05) is 19.6 Å². The summed E-state index contributed by atoms with van der Waals surface area (Å²) >= 11 is 0. The Morgan fingerprint density at radius 2 is 1.92 bits per heavy atom. The van der Waals surface area contributed by atoms with Gasteiger partial charge in [-0.05, 0) is 77.8 Å². The number of nitrogens with zero attached hydrogens (tertiary/aromatic N) is 1. The molecule has 0 aromatic heterocycles. The molecule has 2 heterocycles. The minimum absolute atomic E-state index is 0.198. The normalized spacial score (nSPS) is 22.6.